The molecule has 1 aliphatic carbocycles. The maximum absolute atomic E-state index is 13.9. The van der Waals surface area contributed by atoms with Crippen LogP contribution in [-0.2, 0) is 20.2 Å². The molecule has 0 atom stereocenters. The molecule has 1 aromatic rings. The fraction of sp³-hybridized carbons (Fsp3) is 0.625. The number of halogens is 2. The fourth-order valence-electron chi connectivity index (χ4n) is 2.92. The monoisotopic (exact) mass is 412 g/mol. The molecule has 1 fully saturated rings. The van der Waals surface area contributed by atoms with Crippen LogP contribution in [0.15, 0.2) is 24.3 Å². The van der Waals surface area contributed by atoms with E-state index in [0.29, 0.717) is 19.8 Å². The molecular formula is C16H22F2O6S2. The van der Waals surface area contributed by atoms with Crippen molar-refractivity contribution in [2.45, 2.75) is 61.9 Å². The fourth-order valence-corrected chi connectivity index (χ4v) is 5.03. The molecule has 0 amide bonds. The highest BCUT2D eigenvalue weighted by Gasteiger charge is 2.65. The molecule has 0 aromatic heterocycles. The molecular weight excluding hydrogens is 390 g/mol. The molecule has 1 aliphatic rings. The summed E-state index contributed by atoms with van der Waals surface area (Å²) in [6.45, 7) is 0.957. The molecule has 0 unspecified atom stereocenters. The van der Waals surface area contributed by atoms with Crippen molar-refractivity contribution in [1.29, 1.82) is 0 Å². The summed E-state index contributed by atoms with van der Waals surface area (Å²) in [5.74, 6) is 0.165. The van der Waals surface area contributed by atoms with Crippen LogP contribution in [0.25, 0.3) is 0 Å². The highest BCUT2D eigenvalue weighted by Crippen LogP contribution is 2.40. The van der Waals surface area contributed by atoms with E-state index in [1.165, 1.54) is 18.6 Å². The van der Waals surface area contributed by atoms with E-state index in [2.05, 4.69) is 0 Å². The van der Waals surface area contributed by atoms with Gasteiger partial charge in [-0.3, -0.25) is 4.55 Å². The van der Waals surface area contributed by atoms with Crippen LogP contribution in [0.4, 0.5) is 8.78 Å². The highest BCUT2D eigenvalue weighted by molar-refractivity contribution is 7.92. The highest BCUT2D eigenvalue weighted by atomic mass is 32.2. The Morgan fingerprint density at radius 2 is 1.50 bits per heavy atom. The van der Waals surface area contributed by atoms with Crippen molar-refractivity contribution < 1.29 is 34.4 Å². The van der Waals surface area contributed by atoms with Crippen molar-refractivity contribution in [3.8, 4) is 5.75 Å². The summed E-state index contributed by atoms with van der Waals surface area (Å²) in [6.07, 6.45) is 5.50. The Kier molecular flexibility index (Phi) is 5.70. The zero-order valence-corrected chi connectivity index (χ0v) is 16.1. The number of rotatable bonds is 6. The van der Waals surface area contributed by atoms with Crippen LogP contribution in [0, 0.1) is 0 Å². The van der Waals surface area contributed by atoms with Crippen LogP contribution in [0.2, 0.25) is 0 Å². The Morgan fingerprint density at radius 1 is 1.00 bits per heavy atom. The van der Waals surface area contributed by atoms with E-state index in [-0.39, 0.29) is 5.75 Å². The lowest BCUT2D eigenvalue weighted by molar-refractivity contribution is 0.0429. The van der Waals surface area contributed by atoms with Crippen molar-refractivity contribution in [2.24, 2.45) is 0 Å². The predicted octanol–water partition coefficient (Wildman–Crippen LogP) is 3.70. The predicted molar refractivity (Wildman–Crippen MR) is 92.4 cm³/mol. The van der Waals surface area contributed by atoms with Crippen molar-refractivity contribution in [2.75, 3.05) is 0 Å². The molecule has 6 nitrogen and oxygen atoms in total. The van der Waals surface area contributed by atoms with Gasteiger partial charge in [-0.1, -0.05) is 31.4 Å². The van der Waals surface area contributed by atoms with Gasteiger partial charge in [-0.25, -0.2) is 0 Å². The van der Waals surface area contributed by atoms with E-state index >= 15 is 0 Å². The minimum Gasteiger partial charge on any atom is -0.382 e. The van der Waals surface area contributed by atoms with Crippen LogP contribution in [0.1, 0.15) is 57.4 Å². The van der Waals surface area contributed by atoms with Crippen LogP contribution in [0.5, 0.6) is 5.75 Å². The van der Waals surface area contributed by atoms with E-state index < -0.39 is 30.2 Å². The molecule has 0 aliphatic heterocycles. The maximum atomic E-state index is 13.9. The standard InChI is InChI=1S/C16H22F2O6S2/c1-15(2,16(17,18)25(19,20)21)26(22,23)24-14-10-8-13(9-11-14)12-6-4-3-5-7-12/h8-12H,3-7H2,1-2H3,(H,19,20,21). The SMILES string of the molecule is CC(C)(C(F)(F)S(=O)(=O)O)S(=O)(=O)Oc1ccc(C2CCCCC2)cc1. The summed E-state index contributed by atoms with van der Waals surface area (Å²) in [5, 5.41) is -4.94. The number of benzene rings is 1. The van der Waals surface area contributed by atoms with Gasteiger partial charge in [0, 0.05) is 0 Å². The molecule has 10 heteroatoms. The topological polar surface area (TPSA) is 97.7 Å². The Morgan fingerprint density at radius 3 is 1.96 bits per heavy atom. The van der Waals surface area contributed by atoms with Crippen molar-refractivity contribution >= 4 is 20.2 Å². The molecule has 0 radical (unpaired) electrons. The third kappa shape index (κ3) is 3.86. The molecule has 0 saturated heterocycles. The Bertz CT molecular complexity index is 839. The second-order valence-corrected chi connectivity index (χ2v) is 10.5. The quantitative estimate of drug-likeness (QED) is 0.565. The van der Waals surface area contributed by atoms with Crippen molar-refractivity contribution in [3.05, 3.63) is 29.8 Å². The average Bonchev–Trinajstić information content (AvgIpc) is 2.54. The van der Waals surface area contributed by atoms with Gasteiger partial charge in [-0.2, -0.15) is 25.6 Å². The average molecular weight is 412 g/mol. The van der Waals surface area contributed by atoms with Gasteiger partial charge in [0.05, 0.1) is 0 Å². The van der Waals surface area contributed by atoms with E-state index in [1.807, 2.05) is 0 Å². The lowest BCUT2D eigenvalue weighted by Gasteiger charge is -2.30. The maximum Gasteiger partial charge on any atom is 0.391 e. The van der Waals surface area contributed by atoms with Crippen molar-refractivity contribution in [3.63, 3.8) is 0 Å². The normalized spacial score (nSPS) is 17.9. The van der Waals surface area contributed by atoms with Gasteiger partial charge in [0.25, 0.3) is 0 Å². The molecule has 1 saturated carbocycles. The summed E-state index contributed by atoms with van der Waals surface area (Å²) >= 11 is 0. The lowest BCUT2D eigenvalue weighted by Crippen LogP contribution is -2.55. The van der Waals surface area contributed by atoms with E-state index in [4.69, 9.17) is 8.74 Å². The number of hydrogen-bond acceptors (Lipinski definition) is 5. The molecule has 26 heavy (non-hydrogen) atoms. The third-order valence-electron chi connectivity index (χ3n) is 4.81. The number of hydrogen-bond donors (Lipinski definition) is 1. The molecule has 1 N–H and O–H groups in total. The minimum atomic E-state index is -5.95. The van der Waals surface area contributed by atoms with Gasteiger partial charge in [-0.05, 0) is 50.3 Å². The molecule has 2 rings (SSSR count). The first-order chi connectivity index (χ1) is 11.8. The summed E-state index contributed by atoms with van der Waals surface area (Å²) in [7, 11) is -11.0. The minimum absolute atomic E-state index is 0.205. The van der Waals surface area contributed by atoms with Gasteiger partial charge < -0.3 is 4.18 Å². The summed E-state index contributed by atoms with van der Waals surface area (Å²) in [4.78, 5) is 0. The molecule has 0 spiro atoms. The van der Waals surface area contributed by atoms with Gasteiger partial charge in [-0.15, -0.1) is 0 Å². The van der Waals surface area contributed by atoms with Crippen molar-refractivity contribution in [1.82, 2.24) is 0 Å². The van der Waals surface area contributed by atoms with Gasteiger partial charge in [0.1, 0.15) is 5.75 Å². The van der Waals surface area contributed by atoms with Gasteiger partial charge in [0.15, 0.2) is 4.75 Å². The van der Waals surface area contributed by atoms with E-state index in [9.17, 15) is 25.6 Å². The molecule has 1 aromatic carbocycles. The molecule has 148 valence electrons. The van der Waals surface area contributed by atoms with Crippen LogP contribution < -0.4 is 4.18 Å². The van der Waals surface area contributed by atoms with Crippen LogP contribution in [-0.4, -0.2) is 31.4 Å². The first kappa shape index (κ1) is 21.0. The van der Waals surface area contributed by atoms with Gasteiger partial charge >= 0.3 is 25.5 Å². The summed E-state index contributed by atoms with van der Waals surface area (Å²) < 4.78 is 84.3. The van der Waals surface area contributed by atoms with Crippen LogP contribution >= 0.6 is 0 Å². The largest absolute Gasteiger partial charge is 0.391 e. The Hall–Kier alpha value is -1.26. The third-order valence-corrected chi connectivity index (χ3v) is 8.02. The lowest BCUT2D eigenvalue weighted by atomic mass is 9.84. The smallest absolute Gasteiger partial charge is 0.382 e. The van der Waals surface area contributed by atoms with E-state index in [0.717, 1.165) is 31.2 Å². The summed E-state index contributed by atoms with van der Waals surface area (Å²) in [6, 6.07) is 6.05. The van der Waals surface area contributed by atoms with Crippen LogP contribution in [0.3, 0.4) is 0 Å². The number of alkyl halides is 2. The van der Waals surface area contributed by atoms with Gasteiger partial charge in [0.2, 0.25) is 0 Å². The Labute approximate surface area is 152 Å². The second kappa shape index (κ2) is 7.05. The zero-order chi connectivity index (χ0) is 19.8. The molecule has 0 heterocycles. The van der Waals surface area contributed by atoms with E-state index in [1.54, 1.807) is 12.1 Å². The second-order valence-electron chi connectivity index (χ2n) is 6.94. The first-order valence-electron chi connectivity index (χ1n) is 8.18. The zero-order valence-electron chi connectivity index (χ0n) is 14.5. The summed E-state index contributed by atoms with van der Waals surface area (Å²) in [5.41, 5.74) is 1.01. The Balaban J connectivity index is 2.23. The first-order valence-corrected chi connectivity index (χ1v) is 11.0. The molecule has 0 bridgehead atoms.